The quantitative estimate of drug-likeness (QED) is 0.775. The van der Waals surface area contributed by atoms with Crippen LogP contribution in [0.25, 0.3) is 0 Å². The first-order chi connectivity index (χ1) is 11.5. The smallest absolute Gasteiger partial charge is 0.404 e. The number of fused-ring (bicyclic) bond motifs is 1. The maximum atomic E-state index is 12.7. The molecule has 0 saturated heterocycles. The molecule has 0 bridgehead atoms. The maximum absolute atomic E-state index is 12.7. The molecule has 3 rings (SSSR count). The molecular formula is C16H15FN2O5. The molecule has 1 saturated carbocycles. The molecule has 1 aliphatic carbocycles. The molecule has 3 amide bonds. The molecule has 0 unspecified atom stereocenters. The highest BCUT2D eigenvalue weighted by Crippen LogP contribution is 2.35. The highest BCUT2D eigenvalue weighted by Gasteiger charge is 2.44. The molecule has 1 aromatic rings. The number of hydrogen-bond acceptors (Lipinski definition) is 4. The van der Waals surface area contributed by atoms with E-state index in [-0.39, 0.29) is 48.5 Å². The average Bonchev–Trinajstić information content (AvgIpc) is 3.35. The lowest BCUT2D eigenvalue weighted by molar-refractivity contribution is 0.0642. The first-order valence-electron chi connectivity index (χ1n) is 7.41. The van der Waals surface area contributed by atoms with Crippen molar-refractivity contribution in [2.75, 3.05) is 13.2 Å². The third-order valence-corrected chi connectivity index (χ3v) is 3.85. The van der Waals surface area contributed by atoms with Gasteiger partial charge in [-0.25, -0.2) is 9.18 Å². The van der Waals surface area contributed by atoms with Gasteiger partial charge in [-0.1, -0.05) is 0 Å². The number of benzene rings is 1. The molecule has 1 fully saturated rings. The Morgan fingerprint density at radius 3 is 2.67 bits per heavy atom. The second kappa shape index (κ2) is 6.31. The maximum Gasteiger partial charge on any atom is 0.404 e. The zero-order chi connectivity index (χ0) is 17.3. The molecular weight excluding hydrogens is 319 g/mol. The van der Waals surface area contributed by atoms with Crippen molar-refractivity contribution in [3.05, 3.63) is 41.2 Å². The Kier molecular flexibility index (Phi) is 4.20. The lowest BCUT2D eigenvalue weighted by atomic mass is 10.1. The van der Waals surface area contributed by atoms with E-state index in [1.807, 2.05) is 5.32 Å². The summed E-state index contributed by atoms with van der Waals surface area (Å²) < 4.78 is 18.1. The summed E-state index contributed by atoms with van der Waals surface area (Å²) in [4.78, 5) is 36.2. The fourth-order valence-corrected chi connectivity index (χ4v) is 2.48. The molecule has 0 atom stereocenters. The molecule has 0 spiro atoms. The van der Waals surface area contributed by atoms with Crippen molar-refractivity contribution in [2.24, 2.45) is 0 Å². The van der Waals surface area contributed by atoms with Gasteiger partial charge in [0, 0.05) is 18.2 Å². The Hall–Kier alpha value is -2.90. The number of amides is 3. The summed E-state index contributed by atoms with van der Waals surface area (Å²) in [6.45, 7) is -0.381. The minimum absolute atomic E-state index is 0.00932. The van der Waals surface area contributed by atoms with E-state index in [1.165, 1.54) is 23.1 Å². The summed E-state index contributed by atoms with van der Waals surface area (Å²) in [5.41, 5.74) is 0.715. The molecule has 1 aliphatic heterocycles. The van der Waals surface area contributed by atoms with Crippen molar-refractivity contribution < 1.29 is 28.6 Å². The number of carboxylic acid groups (broad SMARTS) is 1. The number of nitrogens with one attached hydrogen (secondary N) is 1. The molecule has 2 aliphatic rings. The van der Waals surface area contributed by atoms with Crippen molar-refractivity contribution in [3.8, 4) is 5.75 Å². The second-order valence-electron chi connectivity index (χ2n) is 5.63. The summed E-state index contributed by atoms with van der Waals surface area (Å²) in [6, 6.07) is 4.49. The van der Waals surface area contributed by atoms with E-state index in [4.69, 9.17) is 9.84 Å². The Balaban J connectivity index is 1.68. The summed E-state index contributed by atoms with van der Waals surface area (Å²) in [5, 5.41) is 10.5. The number of rotatable bonds is 6. The van der Waals surface area contributed by atoms with Crippen LogP contribution in [0.3, 0.4) is 0 Å². The third kappa shape index (κ3) is 3.08. The topological polar surface area (TPSA) is 95.9 Å². The molecule has 0 radical (unpaired) electrons. The highest BCUT2D eigenvalue weighted by atomic mass is 19.1. The number of nitrogens with zero attached hydrogens (tertiary/aromatic N) is 1. The van der Waals surface area contributed by atoms with E-state index in [9.17, 15) is 18.8 Å². The van der Waals surface area contributed by atoms with Gasteiger partial charge in [0.2, 0.25) is 0 Å². The average molecular weight is 334 g/mol. The lowest BCUT2D eigenvalue weighted by Gasteiger charge is -2.11. The highest BCUT2D eigenvalue weighted by molar-refractivity contribution is 6.21. The molecule has 1 heterocycles. The Morgan fingerprint density at radius 2 is 2.04 bits per heavy atom. The molecule has 2 N–H and O–H groups in total. The summed E-state index contributed by atoms with van der Waals surface area (Å²) >= 11 is 0. The van der Waals surface area contributed by atoms with Gasteiger partial charge in [-0.3, -0.25) is 14.5 Å². The van der Waals surface area contributed by atoms with E-state index in [1.54, 1.807) is 0 Å². The number of hydrogen-bond donors (Lipinski definition) is 2. The predicted octanol–water partition coefficient (Wildman–Crippen LogP) is 1.94. The Morgan fingerprint density at radius 1 is 1.33 bits per heavy atom. The number of imide groups is 1. The third-order valence-electron chi connectivity index (χ3n) is 3.85. The number of halogens is 1. The second-order valence-corrected chi connectivity index (χ2v) is 5.63. The molecule has 7 nitrogen and oxygen atoms in total. The minimum atomic E-state index is -1.27. The largest absolute Gasteiger partial charge is 0.489 e. The van der Waals surface area contributed by atoms with Crippen LogP contribution >= 0.6 is 0 Å². The van der Waals surface area contributed by atoms with Gasteiger partial charge in [-0.2, -0.15) is 0 Å². The molecule has 1 aromatic carbocycles. The van der Waals surface area contributed by atoms with Gasteiger partial charge >= 0.3 is 6.09 Å². The van der Waals surface area contributed by atoms with Crippen LogP contribution in [0.15, 0.2) is 30.1 Å². The minimum Gasteiger partial charge on any atom is -0.489 e. The van der Waals surface area contributed by atoms with Crippen molar-refractivity contribution in [2.45, 2.75) is 18.9 Å². The summed E-state index contributed by atoms with van der Waals surface area (Å²) in [5.74, 6) is -0.321. The van der Waals surface area contributed by atoms with Crippen LogP contribution in [0, 0.1) is 0 Å². The monoisotopic (exact) mass is 334 g/mol. The van der Waals surface area contributed by atoms with Crippen molar-refractivity contribution in [3.63, 3.8) is 0 Å². The number of ether oxygens (including phenoxy) is 1. The fraction of sp³-hybridized carbons (Fsp3) is 0.312. The van der Waals surface area contributed by atoms with E-state index >= 15 is 0 Å². The SMILES string of the molecule is O=C(O)NC/C(=C/F)COc1ccc2c(c1)C(=O)N(C1CC1)C2=O. The van der Waals surface area contributed by atoms with Crippen LogP contribution < -0.4 is 10.1 Å². The van der Waals surface area contributed by atoms with Crippen LogP contribution in [-0.4, -0.2) is 47.1 Å². The summed E-state index contributed by atoms with van der Waals surface area (Å²) in [7, 11) is 0. The van der Waals surface area contributed by atoms with Gasteiger partial charge in [-0.15, -0.1) is 0 Å². The van der Waals surface area contributed by atoms with Crippen molar-refractivity contribution in [1.29, 1.82) is 0 Å². The zero-order valence-electron chi connectivity index (χ0n) is 12.6. The van der Waals surface area contributed by atoms with Gasteiger partial charge < -0.3 is 15.2 Å². The van der Waals surface area contributed by atoms with Gasteiger partial charge in [0.05, 0.1) is 17.5 Å². The lowest BCUT2D eigenvalue weighted by Crippen LogP contribution is -2.31. The van der Waals surface area contributed by atoms with Crippen LogP contribution in [-0.2, 0) is 0 Å². The molecule has 0 aromatic heterocycles. The fourth-order valence-electron chi connectivity index (χ4n) is 2.48. The van der Waals surface area contributed by atoms with Crippen LogP contribution in [0.2, 0.25) is 0 Å². The van der Waals surface area contributed by atoms with Crippen LogP contribution in [0.4, 0.5) is 9.18 Å². The summed E-state index contributed by atoms with van der Waals surface area (Å²) in [6.07, 6.45) is 0.662. The van der Waals surface area contributed by atoms with Gasteiger partial charge in [0.15, 0.2) is 0 Å². The Labute approximate surface area is 136 Å². The van der Waals surface area contributed by atoms with Crippen LogP contribution in [0.1, 0.15) is 33.6 Å². The molecule has 8 heteroatoms. The number of carbonyl (C=O) groups is 3. The Bertz CT molecular complexity index is 742. The standard InChI is InChI=1S/C16H15FN2O5/c17-6-9(7-18-16(22)23)8-24-11-3-4-12-13(5-11)15(21)19(14(12)20)10-1-2-10/h3-6,10,18H,1-2,7-8H2,(H,22,23)/b9-6-. The van der Waals surface area contributed by atoms with E-state index in [2.05, 4.69) is 0 Å². The first-order valence-corrected chi connectivity index (χ1v) is 7.41. The van der Waals surface area contributed by atoms with E-state index < -0.39 is 6.09 Å². The van der Waals surface area contributed by atoms with Gasteiger partial charge in [0.1, 0.15) is 12.4 Å². The van der Waals surface area contributed by atoms with Gasteiger partial charge in [0.25, 0.3) is 11.8 Å². The zero-order valence-corrected chi connectivity index (χ0v) is 12.6. The molecule has 126 valence electrons. The normalized spacial score (nSPS) is 17.0. The molecule has 24 heavy (non-hydrogen) atoms. The van der Waals surface area contributed by atoms with Crippen molar-refractivity contribution >= 4 is 17.9 Å². The number of carbonyl (C=O) groups excluding carboxylic acids is 2. The first kappa shape index (κ1) is 16.0. The van der Waals surface area contributed by atoms with Crippen molar-refractivity contribution in [1.82, 2.24) is 10.2 Å². The van der Waals surface area contributed by atoms with Gasteiger partial charge in [-0.05, 0) is 31.0 Å². The predicted molar refractivity (Wildman–Crippen MR) is 80.7 cm³/mol. The van der Waals surface area contributed by atoms with E-state index in [0.29, 0.717) is 11.3 Å². The van der Waals surface area contributed by atoms with E-state index in [0.717, 1.165) is 12.8 Å². The van der Waals surface area contributed by atoms with Crippen LogP contribution in [0.5, 0.6) is 5.75 Å².